The van der Waals surface area contributed by atoms with E-state index in [1.165, 1.54) is 66.8 Å². The fourth-order valence-electron chi connectivity index (χ4n) is 12.7. The number of benzene rings is 11. The highest BCUT2D eigenvalue weighted by atomic mass is 19.1. The van der Waals surface area contributed by atoms with Crippen molar-refractivity contribution in [3.63, 3.8) is 0 Å². The van der Waals surface area contributed by atoms with Crippen molar-refractivity contribution in [2.45, 2.75) is 38.5 Å². The number of rotatable bonds is 8. The summed E-state index contributed by atoms with van der Waals surface area (Å²) in [5, 5.41) is 3.44. The van der Waals surface area contributed by atoms with E-state index in [1.807, 2.05) is 12.1 Å². The zero-order chi connectivity index (χ0) is 50.6. The number of hydrogen-bond acceptors (Lipinski definition) is 1. The molecular weight excluding hydrogens is 912 g/mol. The van der Waals surface area contributed by atoms with Gasteiger partial charge in [-0.3, -0.25) is 0 Å². The summed E-state index contributed by atoms with van der Waals surface area (Å²) in [5.41, 5.74) is 24.7. The largest absolute Gasteiger partial charge is 0.310 e. The standard InChI is InChI=1S/C72H53FN2/c1-71(2)64-26-15-14-23-58(64)60-39-36-54(44-66(60)71)74(52-32-27-47(28-33-52)46-17-8-5-9-18-46)55-37-40-61-59-38-29-50(43-65(59)72(3,4)67(61)45-55)56-24-16-25-62-57(56)41-42-63-68(48-19-10-6-11-20-48)69(49-21-12-7-13-22-49)75(70(62)63)53-34-30-51(73)31-35-53/h5-45H,1-4H3. The summed E-state index contributed by atoms with van der Waals surface area (Å²) in [5.74, 6) is -0.259. The molecule has 0 fully saturated rings. The van der Waals surface area contributed by atoms with E-state index in [-0.39, 0.29) is 16.6 Å². The van der Waals surface area contributed by atoms with Crippen molar-refractivity contribution in [3.8, 4) is 72.6 Å². The van der Waals surface area contributed by atoms with E-state index in [9.17, 15) is 4.39 Å². The fraction of sp³-hybridized carbons (Fsp3) is 0.0833. The molecule has 12 aromatic rings. The molecule has 75 heavy (non-hydrogen) atoms. The quantitative estimate of drug-likeness (QED) is 0.147. The zero-order valence-electron chi connectivity index (χ0n) is 42.4. The summed E-state index contributed by atoms with van der Waals surface area (Å²) in [7, 11) is 0. The van der Waals surface area contributed by atoms with Gasteiger partial charge in [0.25, 0.3) is 0 Å². The highest BCUT2D eigenvalue weighted by Crippen LogP contribution is 2.54. The first-order valence-electron chi connectivity index (χ1n) is 26.1. The minimum Gasteiger partial charge on any atom is -0.310 e. The number of halogens is 1. The van der Waals surface area contributed by atoms with Crippen molar-refractivity contribution in [1.29, 1.82) is 0 Å². The molecule has 0 aliphatic heterocycles. The minimum absolute atomic E-state index is 0.136. The molecule has 358 valence electrons. The Morgan fingerprint density at radius 3 is 1.47 bits per heavy atom. The van der Waals surface area contributed by atoms with E-state index in [4.69, 9.17) is 0 Å². The maximum Gasteiger partial charge on any atom is 0.123 e. The van der Waals surface area contributed by atoms with E-state index >= 15 is 0 Å². The molecule has 0 atom stereocenters. The molecule has 1 heterocycles. The first-order valence-corrected chi connectivity index (χ1v) is 26.1. The second kappa shape index (κ2) is 17.0. The van der Waals surface area contributed by atoms with Crippen molar-refractivity contribution >= 4 is 38.7 Å². The molecule has 0 N–H and O–H groups in total. The van der Waals surface area contributed by atoms with Crippen molar-refractivity contribution in [1.82, 2.24) is 4.57 Å². The first-order chi connectivity index (χ1) is 36.6. The van der Waals surface area contributed by atoms with Gasteiger partial charge in [0.1, 0.15) is 5.82 Å². The van der Waals surface area contributed by atoms with Gasteiger partial charge < -0.3 is 9.47 Å². The third-order valence-electron chi connectivity index (χ3n) is 16.5. The topological polar surface area (TPSA) is 8.17 Å². The fourth-order valence-corrected chi connectivity index (χ4v) is 12.7. The molecule has 3 heteroatoms. The monoisotopic (exact) mass is 964 g/mol. The van der Waals surface area contributed by atoms with Gasteiger partial charge in [-0.05, 0) is 150 Å². The average molecular weight is 965 g/mol. The summed E-state index contributed by atoms with van der Waals surface area (Å²) in [4.78, 5) is 2.45. The molecule has 0 saturated carbocycles. The predicted molar refractivity (Wildman–Crippen MR) is 312 cm³/mol. The summed E-state index contributed by atoms with van der Waals surface area (Å²) < 4.78 is 17.0. The van der Waals surface area contributed by atoms with E-state index < -0.39 is 0 Å². The van der Waals surface area contributed by atoms with Crippen LogP contribution in [0, 0.1) is 5.82 Å². The Balaban J connectivity index is 0.902. The Labute approximate surface area is 438 Å². The maximum atomic E-state index is 14.7. The Morgan fingerprint density at radius 2 is 0.813 bits per heavy atom. The first kappa shape index (κ1) is 44.6. The molecule has 14 rings (SSSR count). The Morgan fingerprint density at radius 1 is 0.333 bits per heavy atom. The normalized spacial score (nSPS) is 13.6. The second-order valence-electron chi connectivity index (χ2n) is 21.4. The number of hydrogen-bond donors (Lipinski definition) is 0. The van der Waals surface area contributed by atoms with Crippen LogP contribution in [0.3, 0.4) is 0 Å². The van der Waals surface area contributed by atoms with Gasteiger partial charge in [-0.1, -0.05) is 210 Å². The van der Waals surface area contributed by atoms with E-state index in [0.717, 1.165) is 66.8 Å². The van der Waals surface area contributed by atoms with Gasteiger partial charge in [0.05, 0.1) is 11.2 Å². The van der Waals surface area contributed by atoms with Crippen molar-refractivity contribution in [2.24, 2.45) is 0 Å². The van der Waals surface area contributed by atoms with Crippen LogP contribution in [0.1, 0.15) is 49.9 Å². The Kier molecular flexibility index (Phi) is 10.1. The third kappa shape index (κ3) is 6.99. The zero-order valence-corrected chi connectivity index (χ0v) is 42.4. The van der Waals surface area contributed by atoms with Crippen molar-refractivity contribution in [2.75, 3.05) is 4.90 Å². The van der Waals surface area contributed by atoms with Crippen molar-refractivity contribution in [3.05, 3.63) is 277 Å². The summed E-state index contributed by atoms with van der Waals surface area (Å²) >= 11 is 0. The van der Waals surface area contributed by atoms with Crippen LogP contribution in [0.5, 0.6) is 0 Å². The lowest BCUT2D eigenvalue weighted by Crippen LogP contribution is -2.18. The molecular formula is C72H53FN2. The summed E-state index contributed by atoms with van der Waals surface area (Å²) in [6, 6.07) is 89.3. The summed E-state index contributed by atoms with van der Waals surface area (Å²) in [6.45, 7) is 9.49. The Hall–Kier alpha value is -9.05. The van der Waals surface area contributed by atoms with Gasteiger partial charge in [0, 0.05) is 49.9 Å². The third-order valence-corrected chi connectivity index (χ3v) is 16.5. The van der Waals surface area contributed by atoms with Crippen molar-refractivity contribution < 1.29 is 4.39 Å². The number of aromatic nitrogens is 1. The van der Waals surface area contributed by atoms with Gasteiger partial charge in [-0.2, -0.15) is 0 Å². The second-order valence-corrected chi connectivity index (χ2v) is 21.4. The molecule has 11 aromatic carbocycles. The molecule has 0 bridgehead atoms. The van der Waals surface area contributed by atoms with Gasteiger partial charge >= 0.3 is 0 Å². The van der Waals surface area contributed by atoms with E-state index in [0.29, 0.717) is 0 Å². The molecule has 0 amide bonds. The SMILES string of the molecule is CC1(C)c2ccccc2-c2ccc(N(c3ccc(-c4ccccc4)cc3)c3ccc4c(c3)C(C)(C)c3cc(-c5cccc6c5ccc5c(-c7ccccc7)c(-c7ccccc7)n(-c7ccc(F)cc7)c56)ccc3-4)cc21. The lowest BCUT2D eigenvalue weighted by Gasteiger charge is -2.30. The molecule has 0 saturated heterocycles. The van der Waals surface area contributed by atoms with Crippen LogP contribution in [0.15, 0.2) is 249 Å². The van der Waals surface area contributed by atoms with Crippen LogP contribution in [0.4, 0.5) is 21.5 Å². The highest BCUT2D eigenvalue weighted by molar-refractivity contribution is 6.18. The molecule has 0 unspecified atom stereocenters. The van der Waals surface area contributed by atoms with Crippen LogP contribution in [-0.2, 0) is 10.8 Å². The average Bonchev–Trinajstić information content (AvgIpc) is 4.12. The van der Waals surface area contributed by atoms with Crippen LogP contribution in [-0.4, -0.2) is 4.57 Å². The van der Waals surface area contributed by atoms with Crippen LogP contribution in [0.2, 0.25) is 0 Å². The Bertz CT molecular complexity index is 4210. The van der Waals surface area contributed by atoms with Crippen LogP contribution in [0.25, 0.3) is 94.3 Å². The maximum absolute atomic E-state index is 14.7. The molecule has 1 aromatic heterocycles. The minimum atomic E-state index is -0.300. The molecule has 2 aliphatic carbocycles. The van der Waals surface area contributed by atoms with Gasteiger partial charge in [0.15, 0.2) is 0 Å². The van der Waals surface area contributed by atoms with Crippen LogP contribution >= 0.6 is 0 Å². The van der Waals surface area contributed by atoms with Gasteiger partial charge in [-0.25, -0.2) is 4.39 Å². The van der Waals surface area contributed by atoms with Gasteiger partial charge in [-0.15, -0.1) is 0 Å². The smallest absolute Gasteiger partial charge is 0.123 e. The lowest BCUT2D eigenvalue weighted by atomic mass is 9.81. The number of anilines is 3. The lowest BCUT2D eigenvalue weighted by molar-refractivity contribution is 0.627. The van der Waals surface area contributed by atoms with Crippen LogP contribution < -0.4 is 4.90 Å². The summed E-state index contributed by atoms with van der Waals surface area (Å²) in [6.07, 6.45) is 0. The molecule has 0 radical (unpaired) electrons. The number of fused-ring (bicyclic) bond motifs is 9. The molecule has 0 spiro atoms. The molecule has 2 nitrogen and oxygen atoms in total. The van der Waals surface area contributed by atoms with Gasteiger partial charge in [0.2, 0.25) is 0 Å². The predicted octanol–water partition coefficient (Wildman–Crippen LogP) is 19.7. The number of nitrogens with zero attached hydrogens (tertiary/aromatic N) is 2. The van der Waals surface area contributed by atoms with E-state index in [2.05, 4.69) is 262 Å². The highest BCUT2D eigenvalue weighted by Gasteiger charge is 2.38. The molecule has 2 aliphatic rings. The van der Waals surface area contributed by atoms with E-state index in [1.54, 1.807) is 12.1 Å².